The second kappa shape index (κ2) is 5.75. The predicted molar refractivity (Wildman–Crippen MR) is 65.6 cm³/mol. The van der Waals surface area contributed by atoms with E-state index >= 15 is 0 Å². The Morgan fingerprint density at radius 2 is 2.35 bits per heavy atom. The Morgan fingerprint density at radius 3 is 3.18 bits per heavy atom. The molecule has 0 aromatic carbocycles. The minimum absolute atomic E-state index is 0.266. The van der Waals surface area contributed by atoms with E-state index in [4.69, 9.17) is 0 Å². The molecule has 5 heteroatoms. The standard InChI is InChI=1S/C12H18N4O/c1-2-4-11(17)9-13-7-10-8-15-12-14-5-3-6-16(10)12/h3,5-6,8,11,13,17H,2,4,7,9H2,1H3. The largest absolute Gasteiger partial charge is 0.392 e. The first kappa shape index (κ1) is 12.0. The highest BCUT2D eigenvalue weighted by atomic mass is 16.3. The van der Waals surface area contributed by atoms with Gasteiger partial charge in [-0.2, -0.15) is 0 Å². The first-order valence-electron chi connectivity index (χ1n) is 5.97. The van der Waals surface area contributed by atoms with Crippen molar-refractivity contribution in [1.29, 1.82) is 0 Å². The van der Waals surface area contributed by atoms with Gasteiger partial charge in [-0.3, -0.25) is 4.40 Å². The van der Waals surface area contributed by atoms with Crippen LogP contribution in [0.4, 0.5) is 0 Å². The Morgan fingerprint density at radius 1 is 1.47 bits per heavy atom. The van der Waals surface area contributed by atoms with Crippen molar-refractivity contribution in [3.8, 4) is 0 Å². The molecule has 0 bridgehead atoms. The van der Waals surface area contributed by atoms with Crippen LogP contribution >= 0.6 is 0 Å². The van der Waals surface area contributed by atoms with Gasteiger partial charge in [0.05, 0.1) is 18.0 Å². The molecule has 0 saturated carbocycles. The molecule has 0 spiro atoms. The summed E-state index contributed by atoms with van der Waals surface area (Å²) in [6.07, 6.45) is 7.04. The maximum Gasteiger partial charge on any atom is 0.233 e. The van der Waals surface area contributed by atoms with Gasteiger partial charge >= 0.3 is 0 Å². The van der Waals surface area contributed by atoms with Crippen LogP contribution in [-0.2, 0) is 6.54 Å². The Labute approximate surface area is 101 Å². The lowest BCUT2D eigenvalue weighted by atomic mass is 10.2. The molecule has 2 aromatic heterocycles. The monoisotopic (exact) mass is 234 g/mol. The number of aliphatic hydroxyl groups is 1. The summed E-state index contributed by atoms with van der Waals surface area (Å²) in [6.45, 7) is 3.37. The summed E-state index contributed by atoms with van der Waals surface area (Å²) >= 11 is 0. The van der Waals surface area contributed by atoms with Gasteiger partial charge in [-0.05, 0) is 12.5 Å². The number of hydrogen-bond acceptors (Lipinski definition) is 4. The van der Waals surface area contributed by atoms with Crippen LogP contribution in [0.15, 0.2) is 24.7 Å². The maximum absolute atomic E-state index is 9.59. The van der Waals surface area contributed by atoms with Gasteiger partial charge in [-0.1, -0.05) is 13.3 Å². The molecule has 0 radical (unpaired) electrons. The third-order valence-electron chi connectivity index (χ3n) is 2.67. The molecule has 0 aliphatic rings. The molecule has 17 heavy (non-hydrogen) atoms. The quantitative estimate of drug-likeness (QED) is 0.782. The third-order valence-corrected chi connectivity index (χ3v) is 2.67. The Balaban J connectivity index is 1.91. The Hall–Kier alpha value is -1.46. The number of hydrogen-bond donors (Lipinski definition) is 2. The van der Waals surface area contributed by atoms with Crippen LogP contribution in [0.3, 0.4) is 0 Å². The normalized spacial score (nSPS) is 13.1. The van der Waals surface area contributed by atoms with Crippen molar-refractivity contribution in [2.75, 3.05) is 6.54 Å². The molecule has 92 valence electrons. The molecule has 2 heterocycles. The second-order valence-electron chi connectivity index (χ2n) is 4.11. The van der Waals surface area contributed by atoms with Gasteiger partial charge < -0.3 is 10.4 Å². The highest BCUT2D eigenvalue weighted by Gasteiger charge is 2.05. The molecule has 2 N–H and O–H groups in total. The lowest BCUT2D eigenvalue weighted by Gasteiger charge is -2.10. The first-order chi connectivity index (χ1) is 8.31. The average Bonchev–Trinajstić information content (AvgIpc) is 2.73. The van der Waals surface area contributed by atoms with E-state index in [1.165, 1.54) is 0 Å². The topological polar surface area (TPSA) is 62.5 Å². The van der Waals surface area contributed by atoms with E-state index in [-0.39, 0.29) is 6.10 Å². The van der Waals surface area contributed by atoms with Gasteiger partial charge in [0.2, 0.25) is 5.78 Å². The molecular weight excluding hydrogens is 216 g/mol. The van der Waals surface area contributed by atoms with Gasteiger partial charge in [0, 0.05) is 25.5 Å². The van der Waals surface area contributed by atoms with Crippen molar-refractivity contribution in [2.24, 2.45) is 0 Å². The van der Waals surface area contributed by atoms with E-state index in [1.807, 2.05) is 22.9 Å². The zero-order chi connectivity index (χ0) is 12.1. The summed E-state index contributed by atoms with van der Waals surface area (Å²) in [7, 11) is 0. The maximum atomic E-state index is 9.59. The van der Waals surface area contributed by atoms with Crippen LogP contribution in [0.5, 0.6) is 0 Å². The summed E-state index contributed by atoms with van der Waals surface area (Å²) in [6, 6.07) is 1.88. The van der Waals surface area contributed by atoms with Gasteiger partial charge in [-0.25, -0.2) is 9.97 Å². The molecule has 0 saturated heterocycles. The number of imidazole rings is 1. The summed E-state index contributed by atoms with van der Waals surface area (Å²) in [4.78, 5) is 8.35. The molecular formula is C12H18N4O. The van der Waals surface area contributed by atoms with Gasteiger partial charge in [0.1, 0.15) is 0 Å². The molecule has 5 nitrogen and oxygen atoms in total. The zero-order valence-corrected chi connectivity index (χ0v) is 10.0. The van der Waals surface area contributed by atoms with E-state index in [1.54, 1.807) is 6.20 Å². The lowest BCUT2D eigenvalue weighted by molar-refractivity contribution is 0.160. The molecule has 0 aliphatic heterocycles. The zero-order valence-electron chi connectivity index (χ0n) is 10.0. The minimum Gasteiger partial charge on any atom is -0.392 e. The summed E-state index contributed by atoms with van der Waals surface area (Å²) in [5.74, 6) is 0.707. The van der Waals surface area contributed by atoms with Crippen LogP contribution in [0.2, 0.25) is 0 Å². The highest BCUT2D eigenvalue weighted by molar-refractivity contribution is 5.30. The molecule has 0 fully saturated rings. The fraction of sp³-hybridized carbons (Fsp3) is 0.500. The summed E-state index contributed by atoms with van der Waals surface area (Å²) in [5.41, 5.74) is 1.05. The number of nitrogens with one attached hydrogen (secondary N) is 1. The molecule has 1 unspecified atom stereocenters. The summed E-state index contributed by atoms with van der Waals surface area (Å²) in [5, 5.41) is 12.8. The lowest BCUT2D eigenvalue weighted by Crippen LogP contribution is -2.26. The van der Waals surface area contributed by atoms with Crippen LogP contribution in [0, 0.1) is 0 Å². The highest BCUT2D eigenvalue weighted by Crippen LogP contribution is 2.03. The van der Waals surface area contributed by atoms with Crippen LogP contribution in [0.25, 0.3) is 5.78 Å². The van der Waals surface area contributed by atoms with Crippen molar-refractivity contribution in [1.82, 2.24) is 19.7 Å². The van der Waals surface area contributed by atoms with Crippen molar-refractivity contribution in [3.63, 3.8) is 0 Å². The summed E-state index contributed by atoms with van der Waals surface area (Å²) < 4.78 is 1.94. The van der Waals surface area contributed by atoms with Gasteiger partial charge in [0.25, 0.3) is 0 Å². The molecule has 2 rings (SSSR count). The SMILES string of the molecule is CCCC(O)CNCc1cnc2ncccn12. The second-order valence-corrected chi connectivity index (χ2v) is 4.11. The van der Waals surface area contributed by atoms with Crippen molar-refractivity contribution in [3.05, 3.63) is 30.4 Å². The number of aromatic nitrogens is 3. The van der Waals surface area contributed by atoms with Crippen LogP contribution in [-0.4, -0.2) is 32.1 Å². The van der Waals surface area contributed by atoms with Crippen molar-refractivity contribution >= 4 is 5.78 Å². The number of aliphatic hydroxyl groups excluding tert-OH is 1. The number of rotatable bonds is 6. The van der Waals surface area contributed by atoms with E-state index in [9.17, 15) is 5.11 Å². The molecule has 1 atom stereocenters. The van der Waals surface area contributed by atoms with Crippen LogP contribution < -0.4 is 5.32 Å². The molecule has 0 aliphatic carbocycles. The number of fused-ring (bicyclic) bond motifs is 1. The molecule has 2 aromatic rings. The fourth-order valence-electron chi connectivity index (χ4n) is 1.81. The Bertz CT molecular complexity index is 468. The minimum atomic E-state index is -0.266. The van der Waals surface area contributed by atoms with E-state index < -0.39 is 0 Å². The molecule has 0 amide bonds. The van der Waals surface area contributed by atoms with Crippen LogP contribution in [0.1, 0.15) is 25.5 Å². The van der Waals surface area contributed by atoms with Crippen molar-refractivity contribution in [2.45, 2.75) is 32.4 Å². The third kappa shape index (κ3) is 3.01. The predicted octanol–water partition coefficient (Wildman–Crippen LogP) is 0.980. The Kier molecular flexibility index (Phi) is 4.06. The van der Waals surface area contributed by atoms with Gasteiger partial charge in [0.15, 0.2) is 0 Å². The van der Waals surface area contributed by atoms with E-state index in [0.29, 0.717) is 18.9 Å². The van der Waals surface area contributed by atoms with Crippen molar-refractivity contribution < 1.29 is 5.11 Å². The number of nitrogens with zero attached hydrogens (tertiary/aromatic N) is 3. The first-order valence-corrected chi connectivity index (χ1v) is 5.97. The van der Waals surface area contributed by atoms with E-state index in [0.717, 1.165) is 18.5 Å². The average molecular weight is 234 g/mol. The smallest absolute Gasteiger partial charge is 0.233 e. The van der Waals surface area contributed by atoms with E-state index in [2.05, 4.69) is 22.2 Å². The van der Waals surface area contributed by atoms with Gasteiger partial charge in [-0.15, -0.1) is 0 Å². The fourth-order valence-corrected chi connectivity index (χ4v) is 1.81.